The summed E-state index contributed by atoms with van der Waals surface area (Å²) in [4.78, 5) is 0. The van der Waals surface area contributed by atoms with Crippen LogP contribution in [0.15, 0.2) is 66.9 Å². The number of benzene rings is 2. The molecule has 0 bridgehead atoms. The molecule has 1 atom stereocenters. The van der Waals surface area contributed by atoms with Crippen LogP contribution in [0, 0.1) is 0 Å². The number of aromatic nitrogens is 2. The fourth-order valence-electron chi connectivity index (χ4n) is 7.87. The molecule has 0 N–H and O–H groups in total. The first-order chi connectivity index (χ1) is 24.7. The number of unbranched alkanes of at least 4 members (excludes halogenated alkanes) is 23. The van der Waals surface area contributed by atoms with Gasteiger partial charge >= 0.3 is 0 Å². The quantitative estimate of drug-likeness (QED) is 0.0457. The van der Waals surface area contributed by atoms with Crippen molar-refractivity contribution in [3.63, 3.8) is 0 Å². The largest absolute Gasteiger partial charge is 0.261 e. The number of nitrogens with zero attached hydrogens (tertiary/aromatic N) is 2. The molecule has 3 rings (SSSR count). The van der Waals surface area contributed by atoms with Crippen molar-refractivity contribution >= 4 is 0 Å². The third-order valence-corrected chi connectivity index (χ3v) is 11.1. The lowest BCUT2D eigenvalue weighted by Crippen LogP contribution is -2.37. The molecule has 0 radical (unpaired) electrons. The molecule has 3 aromatic rings. The van der Waals surface area contributed by atoms with Crippen LogP contribution in [-0.2, 0) is 25.9 Å². The summed E-state index contributed by atoms with van der Waals surface area (Å²) >= 11 is 0. The van der Waals surface area contributed by atoms with Crippen LogP contribution in [0.25, 0.3) is 0 Å². The van der Waals surface area contributed by atoms with Crippen LogP contribution in [0.1, 0.15) is 210 Å². The molecule has 2 aromatic carbocycles. The average molecular weight is 684 g/mol. The highest BCUT2D eigenvalue weighted by Crippen LogP contribution is 2.23. The third kappa shape index (κ3) is 18.2. The zero-order chi connectivity index (χ0) is 35.3. The van der Waals surface area contributed by atoms with Crippen LogP contribution >= 0.6 is 0 Å². The molecule has 0 amide bonds. The first-order valence-corrected chi connectivity index (χ1v) is 21.9. The second-order valence-corrected chi connectivity index (χ2v) is 15.7. The lowest BCUT2D eigenvalue weighted by molar-refractivity contribution is -0.704. The smallest absolute Gasteiger partial charge is 0.234 e. The molecule has 0 saturated heterocycles. The Morgan fingerprint density at radius 2 is 0.920 bits per heavy atom. The summed E-state index contributed by atoms with van der Waals surface area (Å²) in [6.07, 6.45) is 39.9. The van der Waals surface area contributed by atoms with Gasteiger partial charge in [0.1, 0.15) is 11.9 Å². The van der Waals surface area contributed by atoms with Gasteiger partial charge in [0.15, 0.2) is 0 Å². The number of aryl methyl sites for hydroxylation is 1. The van der Waals surface area contributed by atoms with Crippen molar-refractivity contribution in [2.45, 2.75) is 213 Å². The van der Waals surface area contributed by atoms with E-state index in [1.807, 2.05) is 0 Å². The molecule has 0 spiro atoms. The summed E-state index contributed by atoms with van der Waals surface area (Å²) in [5.41, 5.74) is 4.42. The van der Waals surface area contributed by atoms with Gasteiger partial charge in [-0.3, -0.25) is 0 Å². The van der Waals surface area contributed by atoms with Crippen molar-refractivity contribution in [2.24, 2.45) is 0 Å². The van der Waals surface area contributed by atoms with Crippen molar-refractivity contribution in [1.82, 2.24) is 4.57 Å². The zero-order valence-electron chi connectivity index (χ0n) is 33.3. The van der Waals surface area contributed by atoms with E-state index in [0.29, 0.717) is 5.92 Å². The predicted molar refractivity (Wildman–Crippen MR) is 219 cm³/mol. The molecule has 50 heavy (non-hydrogen) atoms. The van der Waals surface area contributed by atoms with E-state index in [2.05, 4.69) is 96.8 Å². The highest BCUT2D eigenvalue weighted by Gasteiger charge is 2.25. The lowest BCUT2D eigenvalue weighted by atomic mass is 9.96. The fourth-order valence-corrected chi connectivity index (χ4v) is 7.87. The summed E-state index contributed by atoms with van der Waals surface area (Å²) in [6, 6.07) is 22.4. The van der Waals surface area contributed by atoms with E-state index in [4.69, 9.17) is 0 Å². The Morgan fingerprint density at radius 1 is 0.500 bits per heavy atom. The van der Waals surface area contributed by atoms with Gasteiger partial charge < -0.3 is 0 Å². The average Bonchev–Trinajstić information content (AvgIpc) is 3.45. The van der Waals surface area contributed by atoms with Crippen molar-refractivity contribution < 1.29 is 4.57 Å². The number of hydrogen-bond donors (Lipinski definition) is 0. The van der Waals surface area contributed by atoms with Crippen molar-refractivity contribution in [2.75, 3.05) is 0 Å². The highest BCUT2D eigenvalue weighted by atomic mass is 15.2. The van der Waals surface area contributed by atoms with Gasteiger partial charge in [-0.05, 0) is 42.7 Å². The van der Waals surface area contributed by atoms with Gasteiger partial charge in [-0.25, -0.2) is 9.13 Å². The molecule has 1 aromatic heterocycles. The van der Waals surface area contributed by atoms with Crippen LogP contribution in [0.2, 0.25) is 0 Å². The minimum absolute atomic E-state index is 0.515. The van der Waals surface area contributed by atoms with E-state index in [1.165, 1.54) is 183 Å². The molecular formula is C48H79N2+. The minimum Gasteiger partial charge on any atom is -0.234 e. The molecule has 0 fully saturated rings. The Balaban J connectivity index is 1.49. The summed E-state index contributed by atoms with van der Waals surface area (Å²) in [6.45, 7) is 9.34. The second kappa shape index (κ2) is 28.3. The molecule has 1 unspecified atom stereocenters. The Morgan fingerprint density at radius 3 is 1.40 bits per heavy atom. The molecule has 2 heteroatoms. The first kappa shape index (κ1) is 42.1. The van der Waals surface area contributed by atoms with E-state index in [1.54, 1.807) is 0 Å². The molecule has 0 aliphatic heterocycles. The van der Waals surface area contributed by atoms with Crippen LogP contribution in [0.3, 0.4) is 0 Å². The normalized spacial score (nSPS) is 12.1. The van der Waals surface area contributed by atoms with Gasteiger partial charge in [-0.2, -0.15) is 0 Å². The summed E-state index contributed by atoms with van der Waals surface area (Å²) in [5, 5.41) is 0. The summed E-state index contributed by atoms with van der Waals surface area (Å²) in [7, 11) is 0. The van der Waals surface area contributed by atoms with Crippen molar-refractivity contribution in [1.29, 1.82) is 0 Å². The van der Waals surface area contributed by atoms with Gasteiger partial charge in [-0.15, -0.1) is 0 Å². The maximum Gasteiger partial charge on any atom is 0.261 e. The van der Waals surface area contributed by atoms with E-state index in [0.717, 1.165) is 25.9 Å². The van der Waals surface area contributed by atoms with E-state index in [9.17, 15) is 0 Å². The number of hydrogen-bond acceptors (Lipinski definition) is 0. The maximum absolute atomic E-state index is 2.75. The van der Waals surface area contributed by atoms with Crippen LogP contribution in [0.5, 0.6) is 0 Å². The Kier molecular flexibility index (Phi) is 23.8. The van der Waals surface area contributed by atoms with Crippen LogP contribution < -0.4 is 4.57 Å². The lowest BCUT2D eigenvalue weighted by Gasteiger charge is -2.12. The fraction of sp³-hybridized carbons (Fsp3) is 0.688. The van der Waals surface area contributed by atoms with Crippen molar-refractivity contribution in [3.05, 3.63) is 89.5 Å². The van der Waals surface area contributed by atoms with E-state index in [-0.39, 0.29) is 0 Å². The van der Waals surface area contributed by atoms with Gasteiger partial charge in [0.2, 0.25) is 0 Å². The first-order valence-electron chi connectivity index (χ1n) is 21.9. The molecule has 2 nitrogen and oxygen atoms in total. The monoisotopic (exact) mass is 684 g/mol. The van der Waals surface area contributed by atoms with Gasteiger partial charge in [0, 0.05) is 6.42 Å². The number of imidazole rings is 1. The molecule has 1 heterocycles. The molecule has 0 saturated carbocycles. The predicted octanol–water partition coefficient (Wildman–Crippen LogP) is 14.5. The third-order valence-electron chi connectivity index (χ3n) is 11.1. The Labute approximate surface area is 310 Å². The standard InChI is InChI=1S/C48H79N2/c1-4-6-8-10-12-14-15-16-17-18-19-20-21-22-24-26-34-40-50-47(41-44(3)46-37-31-28-32-38-46)43-49(39-33-25-23-13-11-9-7-5-2)48(50)42-45-35-29-27-30-36-45/h27-32,35-38,43-44H,4-26,33-34,39-42H2,1-3H3/q+1. The molecule has 0 aliphatic carbocycles. The minimum atomic E-state index is 0.515. The highest BCUT2D eigenvalue weighted by molar-refractivity contribution is 5.22. The SMILES string of the molecule is CCCCCCCCCCCCCCCCCCCn1c(CC(C)c2ccccc2)c[n+](CCCCCCCCCC)c1Cc1ccccc1. The molecule has 0 aliphatic rings. The Hall–Kier alpha value is -2.35. The van der Waals surface area contributed by atoms with E-state index >= 15 is 0 Å². The van der Waals surface area contributed by atoms with E-state index < -0.39 is 0 Å². The topological polar surface area (TPSA) is 8.81 Å². The van der Waals surface area contributed by atoms with Gasteiger partial charge in [0.05, 0.1) is 19.5 Å². The zero-order valence-corrected chi connectivity index (χ0v) is 33.3. The summed E-state index contributed by atoms with van der Waals surface area (Å²) in [5.74, 6) is 2.03. The summed E-state index contributed by atoms with van der Waals surface area (Å²) < 4.78 is 5.41. The van der Waals surface area contributed by atoms with Gasteiger partial charge in [-0.1, -0.05) is 216 Å². The maximum atomic E-state index is 2.75. The molecule has 280 valence electrons. The van der Waals surface area contributed by atoms with Crippen LogP contribution in [-0.4, -0.2) is 4.57 Å². The van der Waals surface area contributed by atoms with Crippen molar-refractivity contribution in [3.8, 4) is 0 Å². The van der Waals surface area contributed by atoms with Crippen LogP contribution in [0.4, 0.5) is 0 Å². The second-order valence-electron chi connectivity index (χ2n) is 15.7. The molecular weight excluding hydrogens is 605 g/mol. The van der Waals surface area contributed by atoms with Gasteiger partial charge in [0.25, 0.3) is 5.82 Å². The number of rotatable bonds is 32. The Bertz CT molecular complexity index is 1180.